The fraction of sp³-hybridized carbons (Fsp3) is 0.600. The van der Waals surface area contributed by atoms with Crippen molar-refractivity contribution in [2.75, 3.05) is 18.1 Å². The van der Waals surface area contributed by atoms with E-state index in [0.29, 0.717) is 0 Å². The van der Waals surface area contributed by atoms with E-state index >= 15 is 0 Å². The molecule has 1 nitrogen and oxygen atoms in total. The van der Waals surface area contributed by atoms with Gasteiger partial charge >= 0.3 is 0 Å². The van der Waals surface area contributed by atoms with E-state index in [9.17, 15) is 0 Å². The van der Waals surface area contributed by atoms with Gasteiger partial charge in [-0.25, -0.2) is 0 Å². The Morgan fingerprint density at radius 3 is 2.24 bits per heavy atom. The standard InChI is InChI=1S/C15H25NS/c1-3-4-5-6-7-8-13-16-14-9-11-15(17-2)12-10-14/h9-12,16H,3-8,13H2,1-2H3. The second-order valence-electron chi connectivity index (χ2n) is 4.42. The Labute approximate surface area is 110 Å². The molecule has 1 rings (SSSR count). The number of nitrogens with one attached hydrogen (secondary N) is 1. The molecule has 0 amide bonds. The Morgan fingerprint density at radius 2 is 1.59 bits per heavy atom. The fourth-order valence-electron chi connectivity index (χ4n) is 1.85. The van der Waals surface area contributed by atoms with Crippen molar-refractivity contribution in [3.05, 3.63) is 24.3 Å². The Morgan fingerprint density at radius 1 is 0.941 bits per heavy atom. The van der Waals surface area contributed by atoms with Gasteiger partial charge in [0.05, 0.1) is 0 Å². The maximum Gasteiger partial charge on any atom is 0.0340 e. The molecule has 0 aliphatic heterocycles. The Bertz CT molecular complexity index is 281. The zero-order chi connectivity index (χ0) is 12.3. The summed E-state index contributed by atoms with van der Waals surface area (Å²) in [5, 5.41) is 3.48. The van der Waals surface area contributed by atoms with Crippen LogP contribution in [-0.2, 0) is 0 Å². The summed E-state index contributed by atoms with van der Waals surface area (Å²) in [6, 6.07) is 8.69. The van der Waals surface area contributed by atoms with Gasteiger partial charge in [0, 0.05) is 17.1 Å². The lowest BCUT2D eigenvalue weighted by molar-refractivity contribution is 0.617. The summed E-state index contributed by atoms with van der Waals surface area (Å²) in [4.78, 5) is 1.33. The van der Waals surface area contributed by atoms with Gasteiger partial charge < -0.3 is 5.32 Å². The van der Waals surface area contributed by atoms with Gasteiger partial charge in [0.15, 0.2) is 0 Å². The third-order valence-electron chi connectivity index (χ3n) is 2.95. The zero-order valence-corrected chi connectivity index (χ0v) is 12.0. The smallest absolute Gasteiger partial charge is 0.0340 e. The summed E-state index contributed by atoms with van der Waals surface area (Å²) in [6.45, 7) is 3.37. The number of benzene rings is 1. The van der Waals surface area contributed by atoms with Crippen molar-refractivity contribution in [1.82, 2.24) is 0 Å². The molecule has 1 aromatic carbocycles. The van der Waals surface area contributed by atoms with Crippen LogP contribution in [0.15, 0.2) is 29.2 Å². The van der Waals surface area contributed by atoms with Gasteiger partial charge in [-0.3, -0.25) is 0 Å². The highest BCUT2D eigenvalue weighted by Gasteiger charge is 1.93. The minimum absolute atomic E-state index is 1.10. The molecule has 0 spiro atoms. The molecule has 0 radical (unpaired) electrons. The molecule has 2 heteroatoms. The van der Waals surface area contributed by atoms with Crippen LogP contribution >= 0.6 is 11.8 Å². The monoisotopic (exact) mass is 251 g/mol. The Kier molecular flexibility index (Phi) is 7.98. The quantitative estimate of drug-likeness (QED) is 0.479. The molecule has 96 valence electrons. The molecule has 1 N–H and O–H groups in total. The molecule has 0 aliphatic carbocycles. The SMILES string of the molecule is CCCCCCCCNc1ccc(SC)cc1. The maximum absolute atomic E-state index is 3.48. The van der Waals surface area contributed by atoms with E-state index in [2.05, 4.69) is 42.8 Å². The first-order valence-electron chi connectivity index (χ1n) is 6.74. The molecular formula is C15H25NS. The number of unbranched alkanes of at least 4 members (excludes halogenated alkanes) is 5. The first kappa shape index (κ1) is 14.4. The molecule has 0 fully saturated rings. The van der Waals surface area contributed by atoms with Crippen molar-refractivity contribution in [1.29, 1.82) is 0 Å². The van der Waals surface area contributed by atoms with Gasteiger partial charge in [-0.2, -0.15) is 0 Å². The van der Waals surface area contributed by atoms with E-state index in [0.717, 1.165) is 6.54 Å². The third kappa shape index (κ3) is 6.62. The average Bonchev–Trinajstić information content (AvgIpc) is 2.38. The van der Waals surface area contributed by atoms with Gasteiger partial charge in [0.25, 0.3) is 0 Å². The molecule has 0 atom stereocenters. The van der Waals surface area contributed by atoms with Crippen molar-refractivity contribution >= 4 is 17.4 Å². The first-order chi connectivity index (χ1) is 8.36. The third-order valence-corrected chi connectivity index (χ3v) is 3.69. The molecule has 0 aromatic heterocycles. The number of rotatable bonds is 9. The van der Waals surface area contributed by atoms with Gasteiger partial charge in [0.2, 0.25) is 0 Å². The van der Waals surface area contributed by atoms with Crippen molar-refractivity contribution in [2.24, 2.45) is 0 Å². The fourth-order valence-corrected chi connectivity index (χ4v) is 2.26. The van der Waals surface area contributed by atoms with E-state index in [4.69, 9.17) is 0 Å². The second kappa shape index (κ2) is 9.41. The van der Waals surface area contributed by atoms with E-state index in [1.54, 1.807) is 11.8 Å². The molecule has 0 bridgehead atoms. The van der Waals surface area contributed by atoms with E-state index in [-0.39, 0.29) is 0 Å². The van der Waals surface area contributed by atoms with Crippen LogP contribution in [0.25, 0.3) is 0 Å². The van der Waals surface area contributed by atoms with Crippen LogP contribution in [0.4, 0.5) is 5.69 Å². The normalized spacial score (nSPS) is 10.5. The summed E-state index contributed by atoms with van der Waals surface area (Å²) in [5.41, 5.74) is 1.25. The zero-order valence-electron chi connectivity index (χ0n) is 11.2. The minimum atomic E-state index is 1.10. The largest absolute Gasteiger partial charge is 0.385 e. The number of hydrogen-bond acceptors (Lipinski definition) is 2. The number of thioether (sulfide) groups is 1. The lowest BCUT2D eigenvalue weighted by Gasteiger charge is -2.06. The minimum Gasteiger partial charge on any atom is -0.385 e. The highest BCUT2D eigenvalue weighted by atomic mass is 32.2. The van der Waals surface area contributed by atoms with Crippen LogP contribution in [0.2, 0.25) is 0 Å². The van der Waals surface area contributed by atoms with Crippen molar-refractivity contribution < 1.29 is 0 Å². The van der Waals surface area contributed by atoms with Gasteiger partial charge in [-0.05, 0) is 36.9 Å². The van der Waals surface area contributed by atoms with Crippen LogP contribution in [0, 0.1) is 0 Å². The Hall–Kier alpha value is -0.630. The van der Waals surface area contributed by atoms with E-state index in [1.807, 2.05) is 0 Å². The summed E-state index contributed by atoms with van der Waals surface area (Å²) in [6.07, 6.45) is 10.3. The Balaban J connectivity index is 2.05. The molecule has 0 unspecified atom stereocenters. The molecular weight excluding hydrogens is 226 g/mol. The molecule has 0 saturated carbocycles. The number of anilines is 1. The molecule has 0 heterocycles. The van der Waals surface area contributed by atoms with Crippen LogP contribution in [-0.4, -0.2) is 12.8 Å². The predicted octanol–water partition coefficient (Wildman–Crippen LogP) is 5.18. The van der Waals surface area contributed by atoms with Crippen LogP contribution in [0.5, 0.6) is 0 Å². The summed E-state index contributed by atoms with van der Waals surface area (Å²) >= 11 is 1.79. The average molecular weight is 251 g/mol. The lowest BCUT2D eigenvalue weighted by atomic mass is 10.1. The molecule has 0 saturated heterocycles. The maximum atomic E-state index is 3.48. The van der Waals surface area contributed by atoms with Crippen molar-refractivity contribution in [3.8, 4) is 0 Å². The lowest BCUT2D eigenvalue weighted by Crippen LogP contribution is -2.00. The van der Waals surface area contributed by atoms with Gasteiger partial charge in [0.1, 0.15) is 0 Å². The highest BCUT2D eigenvalue weighted by molar-refractivity contribution is 7.98. The highest BCUT2D eigenvalue weighted by Crippen LogP contribution is 2.17. The molecule has 1 aromatic rings. The van der Waals surface area contributed by atoms with E-state index in [1.165, 1.54) is 49.1 Å². The second-order valence-corrected chi connectivity index (χ2v) is 5.30. The van der Waals surface area contributed by atoms with Crippen molar-refractivity contribution in [2.45, 2.75) is 50.3 Å². The molecule has 0 aliphatic rings. The van der Waals surface area contributed by atoms with E-state index < -0.39 is 0 Å². The predicted molar refractivity (Wildman–Crippen MR) is 80.1 cm³/mol. The first-order valence-corrected chi connectivity index (χ1v) is 7.97. The summed E-state index contributed by atoms with van der Waals surface area (Å²) in [5.74, 6) is 0. The van der Waals surface area contributed by atoms with Gasteiger partial charge in [-0.15, -0.1) is 11.8 Å². The van der Waals surface area contributed by atoms with Crippen LogP contribution < -0.4 is 5.32 Å². The van der Waals surface area contributed by atoms with Crippen molar-refractivity contribution in [3.63, 3.8) is 0 Å². The summed E-state index contributed by atoms with van der Waals surface area (Å²) in [7, 11) is 0. The van der Waals surface area contributed by atoms with Crippen LogP contribution in [0.1, 0.15) is 45.4 Å². The summed E-state index contributed by atoms with van der Waals surface area (Å²) < 4.78 is 0. The van der Waals surface area contributed by atoms with Crippen LogP contribution in [0.3, 0.4) is 0 Å². The topological polar surface area (TPSA) is 12.0 Å². The number of hydrogen-bond donors (Lipinski definition) is 1. The molecule has 17 heavy (non-hydrogen) atoms. The van der Waals surface area contributed by atoms with Gasteiger partial charge in [-0.1, -0.05) is 39.0 Å².